The summed E-state index contributed by atoms with van der Waals surface area (Å²) in [7, 11) is 0. The number of aromatic nitrogens is 1. The average molecular weight is 235 g/mol. The molecule has 0 saturated carbocycles. The molecule has 3 nitrogen and oxygen atoms in total. The summed E-state index contributed by atoms with van der Waals surface area (Å²) in [6.45, 7) is 0. The van der Waals surface area contributed by atoms with Crippen molar-refractivity contribution in [2.45, 2.75) is 19.3 Å². The highest BCUT2D eigenvalue weighted by Gasteiger charge is 2.21. The number of nitrogens with zero attached hydrogens (tertiary/aromatic N) is 1. The summed E-state index contributed by atoms with van der Waals surface area (Å²) in [5.41, 5.74) is 4.00. The van der Waals surface area contributed by atoms with Gasteiger partial charge in [0.05, 0.1) is 5.71 Å². The third kappa shape index (κ3) is 1.32. The van der Waals surface area contributed by atoms with Crippen molar-refractivity contribution in [1.29, 1.82) is 0 Å². The van der Waals surface area contributed by atoms with E-state index in [0.717, 1.165) is 47.1 Å². The maximum absolute atomic E-state index is 9.03. The van der Waals surface area contributed by atoms with Crippen molar-refractivity contribution in [2.24, 2.45) is 5.16 Å². The molecule has 3 rings (SSSR count). The molecule has 16 heavy (non-hydrogen) atoms. The number of hydrogen-bond donors (Lipinski definition) is 2. The van der Waals surface area contributed by atoms with Gasteiger partial charge in [-0.05, 0) is 37.5 Å². The molecule has 0 fully saturated rings. The fraction of sp³-hybridized carbons (Fsp3) is 0.250. The summed E-state index contributed by atoms with van der Waals surface area (Å²) in [6, 6.07) is 5.75. The predicted molar refractivity (Wildman–Crippen MR) is 64.6 cm³/mol. The van der Waals surface area contributed by atoms with Gasteiger partial charge in [0.15, 0.2) is 0 Å². The van der Waals surface area contributed by atoms with Gasteiger partial charge in [0.2, 0.25) is 0 Å². The number of benzene rings is 1. The van der Waals surface area contributed by atoms with E-state index in [1.165, 1.54) is 0 Å². The molecule has 2 aromatic rings. The molecule has 0 aliphatic heterocycles. The monoisotopic (exact) mass is 234 g/mol. The van der Waals surface area contributed by atoms with Gasteiger partial charge in [0.25, 0.3) is 0 Å². The Hall–Kier alpha value is -1.48. The van der Waals surface area contributed by atoms with Gasteiger partial charge in [-0.25, -0.2) is 0 Å². The minimum Gasteiger partial charge on any atom is -0.411 e. The summed E-state index contributed by atoms with van der Waals surface area (Å²) in [5, 5.41) is 14.2. The molecule has 1 aliphatic rings. The zero-order valence-corrected chi connectivity index (χ0v) is 9.38. The van der Waals surface area contributed by atoms with Crippen LogP contribution in [0, 0.1) is 0 Å². The first-order chi connectivity index (χ1) is 7.79. The third-order valence-corrected chi connectivity index (χ3v) is 3.32. The Morgan fingerprint density at radius 3 is 3.00 bits per heavy atom. The maximum Gasteiger partial charge on any atom is 0.0892 e. The van der Waals surface area contributed by atoms with Crippen LogP contribution in [0.3, 0.4) is 0 Å². The number of oxime groups is 1. The summed E-state index contributed by atoms with van der Waals surface area (Å²) < 4.78 is 0. The number of aromatic amines is 1. The molecule has 2 N–H and O–H groups in total. The Morgan fingerprint density at radius 1 is 1.31 bits per heavy atom. The van der Waals surface area contributed by atoms with Gasteiger partial charge in [-0.15, -0.1) is 0 Å². The zero-order valence-electron chi connectivity index (χ0n) is 8.63. The standard InChI is InChI=1S/C12H11ClN2O/c13-7-4-5-9-8(6-7)12-10(14-9)2-1-3-11(12)15-16/h4-6,14,16H,1-3H2. The van der Waals surface area contributed by atoms with E-state index in [9.17, 15) is 0 Å². The van der Waals surface area contributed by atoms with E-state index in [4.69, 9.17) is 16.8 Å². The van der Waals surface area contributed by atoms with E-state index in [1.807, 2.05) is 18.2 Å². The van der Waals surface area contributed by atoms with Crippen LogP contribution in [0.2, 0.25) is 5.02 Å². The predicted octanol–water partition coefficient (Wildman–Crippen LogP) is 3.34. The van der Waals surface area contributed by atoms with Crippen LogP contribution >= 0.6 is 11.6 Å². The fourth-order valence-electron chi connectivity index (χ4n) is 2.39. The Kier molecular flexibility index (Phi) is 2.14. The summed E-state index contributed by atoms with van der Waals surface area (Å²) in [6.07, 6.45) is 2.84. The van der Waals surface area contributed by atoms with Crippen molar-refractivity contribution in [3.63, 3.8) is 0 Å². The van der Waals surface area contributed by atoms with Crippen molar-refractivity contribution in [2.75, 3.05) is 0 Å². The quantitative estimate of drug-likeness (QED) is 0.533. The lowest BCUT2D eigenvalue weighted by Gasteiger charge is -2.12. The maximum atomic E-state index is 9.03. The minimum absolute atomic E-state index is 0.706. The first-order valence-electron chi connectivity index (χ1n) is 5.31. The SMILES string of the molecule is ON=C1CCCc2[nH]c3ccc(Cl)cc3c21. The van der Waals surface area contributed by atoms with Crippen LogP contribution < -0.4 is 0 Å². The van der Waals surface area contributed by atoms with E-state index in [1.54, 1.807) is 0 Å². The lowest BCUT2D eigenvalue weighted by atomic mass is 9.94. The number of H-pyrrole nitrogens is 1. The van der Waals surface area contributed by atoms with Crippen molar-refractivity contribution in [1.82, 2.24) is 4.98 Å². The average Bonchev–Trinajstić information content (AvgIpc) is 2.66. The first-order valence-corrected chi connectivity index (χ1v) is 5.69. The van der Waals surface area contributed by atoms with Crippen molar-refractivity contribution in [3.8, 4) is 0 Å². The number of rotatable bonds is 0. The Bertz CT molecular complexity index is 586. The molecule has 0 spiro atoms. The molecule has 1 aliphatic carbocycles. The lowest BCUT2D eigenvalue weighted by molar-refractivity contribution is 0.317. The Balaban J connectivity index is 2.36. The highest BCUT2D eigenvalue weighted by molar-refractivity contribution is 6.31. The van der Waals surface area contributed by atoms with E-state index < -0.39 is 0 Å². The fourth-order valence-corrected chi connectivity index (χ4v) is 2.57. The molecule has 0 bridgehead atoms. The molecule has 1 heterocycles. The van der Waals surface area contributed by atoms with Gasteiger partial charge in [-0.2, -0.15) is 0 Å². The molecule has 0 atom stereocenters. The normalized spacial score (nSPS) is 17.9. The van der Waals surface area contributed by atoms with Crippen LogP contribution in [-0.4, -0.2) is 15.9 Å². The van der Waals surface area contributed by atoms with Gasteiger partial charge in [0.1, 0.15) is 0 Å². The van der Waals surface area contributed by atoms with E-state index in [2.05, 4.69) is 10.1 Å². The van der Waals surface area contributed by atoms with Gasteiger partial charge < -0.3 is 10.2 Å². The summed E-state index contributed by atoms with van der Waals surface area (Å²) in [4.78, 5) is 3.36. The first kappa shape index (κ1) is 9.73. The number of fused-ring (bicyclic) bond motifs is 3. The van der Waals surface area contributed by atoms with E-state index in [0.29, 0.717) is 5.02 Å². The van der Waals surface area contributed by atoms with Crippen LogP contribution in [0.4, 0.5) is 0 Å². The summed E-state index contributed by atoms with van der Waals surface area (Å²) in [5.74, 6) is 0. The van der Waals surface area contributed by atoms with Crippen molar-refractivity contribution < 1.29 is 5.21 Å². The number of nitrogens with one attached hydrogen (secondary N) is 1. The molecule has 82 valence electrons. The van der Waals surface area contributed by atoms with Crippen molar-refractivity contribution >= 4 is 28.2 Å². The van der Waals surface area contributed by atoms with Crippen LogP contribution in [-0.2, 0) is 6.42 Å². The molecular formula is C12H11ClN2O. The van der Waals surface area contributed by atoms with Gasteiger partial charge >= 0.3 is 0 Å². The topological polar surface area (TPSA) is 48.4 Å². The Labute approximate surface area is 97.7 Å². The number of aryl methyl sites for hydroxylation is 1. The third-order valence-electron chi connectivity index (χ3n) is 3.09. The molecule has 0 unspecified atom stereocenters. The number of halogens is 1. The molecule has 0 radical (unpaired) electrons. The molecular weight excluding hydrogens is 224 g/mol. The molecule has 1 aromatic carbocycles. The minimum atomic E-state index is 0.706. The van der Waals surface area contributed by atoms with Crippen LogP contribution in [0.5, 0.6) is 0 Å². The molecule has 0 amide bonds. The zero-order chi connectivity index (χ0) is 11.1. The second-order valence-corrected chi connectivity index (χ2v) is 4.51. The second kappa shape index (κ2) is 3.52. The van der Waals surface area contributed by atoms with E-state index >= 15 is 0 Å². The van der Waals surface area contributed by atoms with Crippen LogP contribution in [0.15, 0.2) is 23.4 Å². The Morgan fingerprint density at radius 2 is 2.19 bits per heavy atom. The highest BCUT2D eigenvalue weighted by atomic mass is 35.5. The van der Waals surface area contributed by atoms with Gasteiger partial charge in [-0.3, -0.25) is 0 Å². The van der Waals surface area contributed by atoms with Crippen LogP contribution in [0.25, 0.3) is 10.9 Å². The van der Waals surface area contributed by atoms with E-state index in [-0.39, 0.29) is 0 Å². The van der Waals surface area contributed by atoms with Crippen molar-refractivity contribution in [3.05, 3.63) is 34.5 Å². The van der Waals surface area contributed by atoms with Gasteiger partial charge in [-0.1, -0.05) is 16.8 Å². The number of hydrogen-bond acceptors (Lipinski definition) is 2. The smallest absolute Gasteiger partial charge is 0.0892 e. The second-order valence-electron chi connectivity index (χ2n) is 4.07. The molecule has 1 aromatic heterocycles. The highest BCUT2D eigenvalue weighted by Crippen LogP contribution is 2.31. The summed E-state index contributed by atoms with van der Waals surface area (Å²) >= 11 is 5.99. The van der Waals surface area contributed by atoms with Gasteiger partial charge in [0, 0.05) is 27.2 Å². The largest absolute Gasteiger partial charge is 0.411 e. The lowest BCUT2D eigenvalue weighted by Crippen LogP contribution is -2.10. The molecule has 4 heteroatoms. The van der Waals surface area contributed by atoms with Crippen LogP contribution in [0.1, 0.15) is 24.1 Å². The molecule has 0 saturated heterocycles.